The minimum Gasteiger partial charge on any atom is -0.466 e. The molecule has 8 nitrogen and oxygen atoms in total. The number of aliphatic hydroxyl groups excluding tert-OH is 1. The molecule has 3 aliphatic rings. The first-order chi connectivity index (χ1) is 14.8. The lowest BCUT2D eigenvalue weighted by atomic mass is 9.70. The quantitative estimate of drug-likeness (QED) is 0.277. The van der Waals surface area contributed by atoms with Crippen molar-refractivity contribution in [2.75, 3.05) is 26.3 Å². The van der Waals surface area contributed by atoms with Gasteiger partial charge in [-0.25, -0.2) is 0 Å². The third-order valence-corrected chi connectivity index (χ3v) is 7.61. The number of hydrogen-bond acceptors (Lipinski definition) is 6. The second-order valence-electron chi connectivity index (χ2n) is 8.59. The molecule has 2 bridgehead atoms. The molecule has 0 radical (unpaired) electrons. The van der Waals surface area contributed by atoms with Crippen LogP contribution in [-0.4, -0.2) is 87.6 Å². The van der Waals surface area contributed by atoms with Gasteiger partial charge in [-0.15, -0.1) is 6.58 Å². The minimum absolute atomic E-state index is 0.00804. The van der Waals surface area contributed by atoms with Crippen LogP contribution >= 0.6 is 15.9 Å². The first kappa shape index (κ1) is 24.2. The highest BCUT2D eigenvalue weighted by atomic mass is 79.9. The first-order valence-corrected chi connectivity index (χ1v) is 12.0. The molecule has 1 spiro atoms. The number of hydrogen-bond donors (Lipinski definition) is 1. The Morgan fingerprint density at radius 2 is 2.19 bits per heavy atom. The molecule has 2 amide bonds. The van der Waals surface area contributed by atoms with Gasteiger partial charge in [-0.1, -0.05) is 35.4 Å². The number of likely N-dealkylation sites (tertiary alicyclic amines) is 1. The van der Waals surface area contributed by atoms with Gasteiger partial charge in [0.15, 0.2) is 0 Å². The second-order valence-corrected chi connectivity index (χ2v) is 9.76. The Morgan fingerprint density at radius 3 is 2.77 bits per heavy atom. The maximum absolute atomic E-state index is 13.9. The molecule has 0 aromatic heterocycles. The summed E-state index contributed by atoms with van der Waals surface area (Å²) in [6.45, 7) is 9.82. The summed E-state index contributed by atoms with van der Waals surface area (Å²) in [6.07, 6.45) is 3.31. The highest BCUT2D eigenvalue weighted by molar-refractivity contribution is 9.09. The molecular formula is C22H33BrN2O6. The van der Waals surface area contributed by atoms with Gasteiger partial charge in [0.25, 0.3) is 0 Å². The summed E-state index contributed by atoms with van der Waals surface area (Å²) in [7, 11) is 0. The number of ether oxygens (including phenoxy) is 2. The van der Waals surface area contributed by atoms with Crippen LogP contribution in [-0.2, 0) is 23.9 Å². The maximum atomic E-state index is 13.9. The number of fused-ring (bicyclic) bond motifs is 1. The molecule has 7 atom stereocenters. The number of nitrogens with zero attached hydrogens (tertiary/aromatic N) is 2. The highest BCUT2D eigenvalue weighted by Gasteiger charge is 2.77. The van der Waals surface area contributed by atoms with E-state index in [0.29, 0.717) is 13.0 Å². The molecule has 9 heteroatoms. The average Bonchev–Trinajstić information content (AvgIpc) is 3.30. The van der Waals surface area contributed by atoms with Crippen LogP contribution in [0.15, 0.2) is 12.7 Å². The number of esters is 1. The third-order valence-electron chi connectivity index (χ3n) is 6.77. The van der Waals surface area contributed by atoms with Gasteiger partial charge < -0.3 is 24.4 Å². The zero-order valence-corrected chi connectivity index (χ0v) is 20.0. The maximum Gasteiger partial charge on any atom is 0.312 e. The van der Waals surface area contributed by atoms with Crippen LogP contribution in [0.4, 0.5) is 0 Å². The van der Waals surface area contributed by atoms with E-state index in [9.17, 15) is 19.5 Å². The number of carbonyl (C=O) groups excluding carboxylic acids is 3. The van der Waals surface area contributed by atoms with Crippen molar-refractivity contribution in [2.45, 2.75) is 68.6 Å². The number of aliphatic hydroxyl groups is 1. The van der Waals surface area contributed by atoms with Crippen LogP contribution < -0.4 is 0 Å². The van der Waals surface area contributed by atoms with Crippen molar-refractivity contribution in [3.05, 3.63) is 12.7 Å². The molecule has 3 fully saturated rings. The van der Waals surface area contributed by atoms with Gasteiger partial charge in [0.05, 0.1) is 31.2 Å². The van der Waals surface area contributed by atoms with Gasteiger partial charge in [0.2, 0.25) is 11.8 Å². The summed E-state index contributed by atoms with van der Waals surface area (Å²) in [4.78, 5) is 43.2. The van der Waals surface area contributed by atoms with Crippen LogP contribution in [0.1, 0.15) is 40.0 Å². The van der Waals surface area contributed by atoms with Crippen LogP contribution in [0.5, 0.6) is 0 Å². The lowest BCUT2D eigenvalue weighted by Gasteiger charge is -2.39. The van der Waals surface area contributed by atoms with Gasteiger partial charge in [-0.2, -0.15) is 0 Å². The molecule has 3 saturated heterocycles. The Morgan fingerprint density at radius 1 is 1.48 bits per heavy atom. The number of β-amino-alcohol motifs (C(OH)–C–C–N with tert-alkyl or cyclic N) is 1. The molecule has 174 valence electrons. The second kappa shape index (κ2) is 9.58. The van der Waals surface area contributed by atoms with Gasteiger partial charge in [-0.3, -0.25) is 14.4 Å². The van der Waals surface area contributed by atoms with Crippen molar-refractivity contribution in [3.8, 4) is 0 Å². The fourth-order valence-corrected chi connectivity index (χ4v) is 6.56. The van der Waals surface area contributed by atoms with E-state index in [4.69, 9.17) is 9.47 Å². The summed E-state index contributed by atoms with van der Waals surface area (Å²) in [5, 5.41) is 9.64. The average molecular weight is 501 g/mol. The summed E-state index contributed by atoms with van der Waals surface area (Å²) in [6, 6.07) is -0.947. The topological polar surface area (TPSA) is 96.4 Å². The van der Waals surface area contributed by atoms with Crippen molar-refractivity contribution < 1.29 is 29.0 Å². The molecule has 3 rings (SSSR count). The molecule has 0 saturated carbocycles. The molecule has 1 N–H and O–H groups in total. The van der Waals surface area contributed by atoms with Crippen molar-refractivity contribution in [1.82, 2.24) is 9.80 Å². The van der Waals surface area contributed by atoms with E-state index in [1.165, 1.54) is 4.90 Å². The van der Waals surface area contributed by atoms with E-state index >= 15 is 0 Å². The number of carbonyl (C=O) groups is 3. The van der Waals surface area contributed by atoms with Crippen LogP contribution in [0.25, 0.3) is 0 Å². The Balaban J connectivity index is 2.04. The Labute approximate surface area is 192 Å². The first-order valence-electron chi connectivity index (χ1n) is 11.1. The van der Waals surface area contributed by atoms with Crippen molar-refractivity contribution >= 4 is 33.7 Å². The van der Waals surface area contributed by atoms with Gasteiger partial charge in [0.1, 0.15) is 11.6 Å². The van der Waals surface area contributed by atoms with Crippen LogP contribution in [0.3, 0.4) is 0 Å². The van der Waals surface area contributed by atoms with Gasteiger partial charge >= 0.3 is 5.97 Å². The Bertz CT molecular complexity index is 733. The Hall–Kier alpha value is -1.45. The van der Waals surface area contributed by atoms with E-state index in [-0.39, 0.29) is 42.4 Å². The molecule has 0 aromatic carbocycles. The van der Waals surface area contributed by atoms with Gasteiger partial charge in [0, 0.05) is 24.0 Å². The van der Waals surface area contributed by atoms with E-state index in [2.05, 4.69) is 29.4 Å². The zero-order chi connectivity index (χ0) is 22.9. The predicted octanol–water partition coefficient (Wildman–Crippen LogP) is 1.49. The summed E-state index contributed by atoms with van der Waals surface area (Å²) in [5.41, 5.74) is -1.12. The summed E-state index contributed by atoms with van der Waals surface area (Å²) >= 11 is 3.61. The molecule has 3 heterocycles. The molecular weight excluding hydrogens is 468 g/mol. The number of amides is 2. The summed E-state index contributed by atoms with van der Waals surface area (Å²) in [5.74, 6) is -2.59. The highest BCUT2D eigenvalue weighted by Crippen LogP contribution is 2.60. The van der Waals surface area contributed by atoms with Crippen molar-refractivity contribution in [3.63, 3.8) is 0 Å². The normalized spacial score (nSPS) is 34.5. The fraction of sp³-hybridized carbons (Fsp3) is 0.773. The lowest BCUT2D eigenvalue weighted by Crippen LogP contribution is -2.58. The van der Waals surface area contributed by atoms with Crippen molar-refractivity contribution in [1.29, 1.82) is 0 Å². The molecule has 31 heavy (non-hydrogen) atoms. The molecule has 4 unspecified atom stereocenters. The standard InChI is InChI=1S/C22H33BrN2O6/c1-5-8-13(4)24(9-6-2)20(28)18-22-12-14(23)17(31-22)15(21(29)30-7-3)16(22)19(27)25(18)10-11-26/h6,13-18,26H,2,5,7-12H2,1,3-4H3/t13?,14?,15-,16-,17-,18?,22?/m0/s1. The molecule has 0 aliphatic carbocycles. The van der Waals surface area contributed by atoms with E-state index in [1.54, 1.807) is 17.9 Å². The largest absolute Gasteiger partial charge is 0.466 e. The monoisotopic (exact) mass is 500 g/mol. The molecule has 3 aliphatic heterocycles. The summed E-state index contributed by atoms with van der Waals surface area (Å²) < 4.78 is 11.6. The van der Waals surface area contributed by atoms with E-state index < -0.39 is 35.6 Å². The van der Waals surface area contributed by atoms with Crippen LogP contribution in [0.2, 0.25) is 0 Å². The van der Waals surface area contributed by atoms with Gasteiger partial charge in [-0.05, 0) is 26.7 Å². The molecule has 0 aromatic rings. The SMILES string of the molecule is C=CCN(C(=O)C1N(CCO)C(=O)[C@@H]2[C@H](C(=O)OCC)[C@H]3OC12CC3Br)C(C)CCC. The number of halogens is 1. The lowest BCUT2D eigenvalue weighted by molar-refractivity contribution is -0.155. The minimum atomic E-state index is -1.12. The van der Waals surface area contributed by atoms with Crippen LogP contribution in [0, 0.1) is 11.8 Å². The fourth-order valence-electron chi connectivity index (χ4n) is 5.62. The Kier molecular flexibility index (Phi) is 7.48. The van der Waals surface area contributed by atoms with E-state index in [1.807, 2.05) is 6.92 Å². The van der Waals surface area contributed by atoms with E-state index in [0.717, 1.165) is 12.8 Å². The third kappa shape index (κ3) is 3.82. The number of alkyl halides is 1. The smallest absolute Gasteiger partial charge is 0.312 e. The van der Waals surface area contributed by atoms with Crippen molar-refractivity contribution in [2.24, 2.45) is 11.8 Å². The zero-order valence-electron chi connectivity index (χ0n) is 18.5. The predicted molar refractivity (Wildman–Crippen MR) is 117 cm³/mol. The number of rotatable bonds is 10.